The molecule has 0 saturated carbocycles. The number of nitrogens with one attached hydrogen (secondary N) is 1. The quantitative estimate of drug-likeness (QED) is 0.800. The van der Waals surface area contributed by atoms with Gasteiger partial charge in [0.1, 0.15) is 12.1 Å². The Balaban J connectivity index is 2.04. The summed E-state index contributed by atoms with van der Waals surface area (Å²) in [6.07, 6.45) is 3.46. The molecular weight excluding hydrogens is 322 g/mol. The summed E-state index contributed by atoms with van der Waals surface area (Å²) in [4.78, 5) is 31.5. The first-order chi connectivity index (χ1) is 11.9. The fourth-order valence-corrected chi connectivity index (χ4v) is 2.46. The van der Waals surface area contributed by atoms with Crippen molar-refractivity contribution in [3.63, 3.8) is 0 Å². The molecule has 0 spiro atoms. The number of carboxylic acids is 1. The van der Waals surface area contributed by atoms with Gasteiger partial charge in [0, 0.05) is 12.7 Å². The van der Waals surface area contributed by atoms with Gasteiger partial charge in [-0.3, -0.25) is 4.79 Å². The number of hydrogen-bond acceptors (Lipinski definition) is 5. The van der Waals surface area contributed by atoms with E-state index in [2.05, 4.69) is 15.3 Å². The number of ether oxygens (including phenoxy) is 1. The molecule has 1 aromatic carbocycles. The van der Waals surface area contributed by atoms with Crippen LogP contribution in [0.15, 0.2) is 30.7 Å². The van der Waals surface area contributed by atoms with Crippen LogP contribution in [-0.4, -0.2) is 40.6 Å². The van der Waals surface area contributed by atoms with Gasteiger partial charge in [0.25, 0.3) is 5.91 Å². The molecule has 1 heterocycles. The number of methoxy groups -OCH3 is 1. The van der Waals surface area contributed by atoms with E-state index in [1.165, 1.54) is 31.8 Å². The third-order valence-electron chi connectivity index (χ3n) is 3.75. The summed E-state index contributed by atoms with van der Waals surface area (Å²) in [6.45, 7) is 4.32. The molecule has 2 aromatic rings. The average Bonchev–Trinajstić information content (AvgIpc) is 2.61. The number of carbonyl (C=O) groups is 2. The maximum absolute atomic E-state index is 12.4. The lowest BCUT2D eigenvalue weighted by Crippen LogP contribution is -2.27. The minimum Gasteiger partial charge on any atom is -0.496 e. The van der Waals surface area contributed by atoms with Crippen molar-refractivity contribution in [2.24, 2.45) is 0 Å². The maximum atomic E-state index is 12.4. The van der Waals surface area contributed by atoms with Crippen molar-refractivity contribution in [2.45, 2.75) is 26.2 Å². The number of carboxylic acid groups (broad SMARTS) is 1. The number of aromatic nitrogens is 2. The molecule has 0 fully saturated rings. The first-order valence-electron chi connectivity index (χ1n) is 7.92. The first-order valence-corrected chi connectivity index (χ1v) is 7.92. The zero-order chi connectivity index (χ0) is 18.4. The van der Waals surface area contributed by atoms with Crippen molar-refractivity contribution < 1.29 is 19.4 Å². The summed E-state index contributed by atoms with van der Waals surface area (Å²) in [6, 6.07) is 4.69. The van der Waals surface area contributed by atoms with Crippen LogP contribution in [-0.2, 0) is 6.42 Å². The van der Waals surface area contributed by atoms with Crippen LogP contribution < -0.4 is 10.1 Å². The number of carbonyl (C=O) groups excluding carboxylic acids is 1. The molecule has 1 amide bonds. The van der Waals surface area contributed by atoms with Gasteiger partial charge in [-0.1, -0.05) is 19.9 Å². The van der Waals surface area contributed by atoms with Crippen LogP contribution in [0.5, 0.6) is 5.75 Å². The molecule has 0 atom stereocenters. The Morgan fingerprint density at radius 2 is 2.08 bits per heavy atom. The Bertz CT molecular complexity index is 775. The SMILES string of the molecule is COc1cc(C(=O)O)ccc1CCNC(=O)c1cncnc1C(C)C. The number of hydrogen-bond donors (Lipinski definition) is 2. The standard InChI is InChI=1S/C18H21N3O4/c1-11(2)16-14(9-19-10-21-16)17(22)20-7-6-12-4-5-13(18(23)24)8-15(12)25-3/h4-5,8-11H,6-7H2,1-3H3,(H,20,22)(H,23,24). The van der Waals surface area contributed by atoms with Gasteiger partial charge in [0.15, 0.2) is 0 Å². The Morgan fingerprint density at radius 3 is 2.72 bits per heavy atom. The zero-order valence-corrected chi connectivity index (χ0v) is 14.4. The van der Waals surface area contributed by atoms with E-state index >= 15 is 0 Å². The van der Waals surface area contributed by atoms with Gasteiger partial charge >= 0.3 is 5.97 Å². The molecule has 7 heteroatoms. The lowest BCUT2D eigenvalue weighted by molar-refractivity contribution is 0.0696. The number of aromatic carboxylic acids is 1. The van der Waals surface area contributed by atoms with E-state index in [-0.39, 0.29) is 17.4 Å². The van der Waals surface area contributed by atoms with Crippen molar-refractivity contribution in [1.82, 2.24) is 15.3 Å². The van der Waals surface area contributed by atoms with Crippen molar-refractivity contribution in [3.05, 3.63) is 53.1 Å². The van der Waals surface area contributed by atoms with Crippen LogP contribution in [0.3, 0.4) is 0 Å². The zero-order valence-electron chi connectivity index (χ0n) is 14.4. The minimum absolute atomic E-state index is 0.118. The second-order valence-electron chi connectivity index (χ2n) is 5.81. The number of rotatable bonds is 7. The van der Waals surface area contributed by atoms with Crippen LogP contribution >= 0.6 is 0 Å². The van der Waals surface area contributed by atoms with Crippen molar-refractivity contribution in [2.75, 3.05) is 13.7 Å². The predicted molar refractivity (Wildman–Crippen MR) is 92.1 cm³/mol. The molecule has 7 nitrogen and oxygen atoms in total. The summed E-state index contributed by atoms with van der Waals surface area (Å²) in [5, 5.41) is 11.9. The second kappa shape index (κ2) is 8.23. The third kappa shape index (κ3) is 4.53. The summed E-state index contributed by atoms with van der Waals surface area (Å²) < 4.78 is 5.23. The fourth-order valence-electron chi connectivity index (χ4n) is 2.46. The molecule has 0 unspecified atom stereocenters. The lowest BCUT2D eigenvalue weighted by Gasteiger charge is -2.12. The molecule has 0 radical (unpaired) electrons. The highest BCUT2D eigenvalue weighted by Gasteiger charge is 2.15. The summed E-state index contributed by atoms with van der Waals surface area (Å²) >= 11 is 0. The molecule has 0 bridgehead atoms. The van der Waals surface area contributed by atoms with E-state index in [1.54, 1.807) is 6.07 Å². The van der Waals surface area contributed by atoms with E-state index in [0.29, 0.717) is 30.0 Å². The molecule has 25 heavy (non-hydrogen) atoms. The normalized spacial score (nSPS) is 10.6. The van der Waals surface area contributed by atoms with Crippen molar-refractivity contribution >= 4 is 11.9 Å². The van der Waals surface area contributed by atoms with Gasteiger partial charge in [-0.15, -0.1) is 0 Å². The Hall–Kier alpha value is -2.96. The van der Waals surface area contributed by atoms with E-state index in [1.807, 2.05) is 13.8 Å². The highest BCUT2D eigenvalue weighted by atomic mass is 16.5. The lowest BCUT2D eigenvalue weighted by atomic mass is 10.0. The number of amides is 1. The van der Waals surface area contributed by atoms with Crippen LogP contribution in [0.2, 0.25) is 0 Å². The minimum atomic E-state index is -1.01. The molecule has 1 aromatic heterocycles. The van der Waals surface area contributed by atoms with Gasteiger partial charge in [-0.05, 0) is 30.0 Å². The van der Waals surface area contributed by atoms with Crippen LogP contribution in [0.4, 0.5) is 0 Å². The molecule has 0 saturated heterocycles. The van der Waals surface area contributed by atoms with Gasteiger partial charge in [0.05, 0.1) is 23.9 Å². The molecule has 132 valence electrons. The Morgan fingerprint density at radius 1 is 1.32 bits per heavy atom. The summed E-state index contributed by atoms with van der Waals surface area (Å²) in [5.74, 6) is -0.638. The van der Waals surface area contributed by atoms with Gasteiger partial charge in [-0.25, -0.2) is 14.8 Å². The van der Waals surface area contributed by atoms with Gasteiger partial charge < -0.3 is 15.2 Å². The van der Waals surface area contributed by atoms with Crippen molar-refractivity contribution in [1.29, 1.82) is 0 Å². The number of benzene rings is 1. The third-order valence-corrected chi connectivity index (χ3v) is 3.75. The molecular formula is C18H21N3O4. The van der Waals surface area contributed by atoms with E-state index in [0.717, 1.165) is 5.56 Å². The van der Waals surface area contributed by atoms with E-state index < -0.39 is 5.97 Å². The van der Waals surface area contributed by atoms with Crippen LogP contribution in [0.1, 0.15) is 51.7 Å². The Labute approximate surface area is 146 Å². The average molecular weight is 343 g/mol. The highest BCUT2D eigenvalue weighted by molar-refractivity contribution is 5.95. The molecule has 0 aliphatic rings. The van der Waals surface area contributed by atoms with E-state index in [9.17, 15) is 9.59 Å². The van der Waals surface area contributed by atoms with Crippen LogP contribution in [0.25, 0.3) is 0 Å². The fraction of sp³-hybridized carbons (Fsp3) is 0.333. The topological polar surface area (TPSA) is 101 Å². The highest BCUT2D eigenvalue weighted by Crippen LogP contribution is 2.21. The largest absolute Gasteiger partial charge is 0.496 e. The van der Waals surface area contributed by atoms with E-state index in [4.69, 9.17) is 9.84 Å². The summed E-state index contributed by atoms with van der Waals surface area (Å²) in [7, 11) is 1.49. The molecule has 0 aliphatic heterocycles. The van der Waals surface area contributed by atoms with Gasteiger partial charge in [-0.2, -0.15) is 0 Å². The van der Waals surface area contributed by atoms with Crippen molar-refractivity contribution in [3.8, 4) is 5.75 Å². The Kier molecular flexibility index (Phi) is 6.05. The number of nitrogens with zero attached hydrogens (tertiary/aromatic N) is 2. The second-order valence-corrected chi connectivity index (χ2v) is 5.81. The first kappa shape index (κ1) is 18.4. The molecule has 2 rings (SSSR count). The predicted octanol–water partition coefficient (Wildman–Crippen LogP) is 2.28. The van der Waals surface area contributed by atoms with Crippen LogP contribution in [0, 0.1) is 0 Å². The summed E-state index contributed by atoms with van der Waals surface area (Å²) in [5.41, 5.74) is 2.15. The van der Waals surface area contributed by atoms with Gasteiger partial charge in [0.2, 0.25) is 0 Å². The monoisotopic (exact) mass is 343 g/mol. The maximum Gasteiger partial charge on any atom is 0.335 e. The molecule has 2 N–H and O–H groups in total. The smallest absolute Gasteiger partial charge is 0.335 e. The molecule has 0 aliphatic carbocycles.